The Kier molecular flexibility index (Phi) is 14.7. The third-order valence-electron chi connectivity index (χ3n) is 10.9. The van der Waals surface area contributed by atoms with Crippen molar-refractivity contribution in [1.82, 2.24) is 0 Å². The predicted molar refractivity (Wildman–Crippen MR) is 291 cm³/mol. The summed E-state index contributed by atoms with van der Waals surface area (Å²) in [5.41, 5.74) is 1.48. The number of hydrogen-bond acceptors (Lipinski definition) is 4. The molecule has 0 saturated heterocycles. The van der Waals surface area contributed by atoms with Gasteiger partial charge in [-0.2, -0.15) is 0 Å². The fourth-order valence-electron chi connectivity index (χ4n) is 7.74. The standard InChI is InChI=1S/C60H46O4P4/c1-9-27-47(28-10-1)65(48-29-11-2-12-30-48)61-55-43-25-44-56(62-66(49-31-13-3-14-32-49)50-33-15-4-16-34-50)59(55)60-57(63-67(51-35-17-5-18-36-51)52-37-19-6-20-38-52)45-26-46-58(60)64-68(53-39-21-7-22-40-53)54-41-23-8-24-42-54/h1-46H. The topological polar surface area (TPSA) is 36.9 Å². The van der Waals surface area contributed by atoms with Gasteiger partial charge in [-0.3, -0.25) is 0 Å². The molecule has 10 aromatic carbocycles. The van der Waals surface area contributed by atoms with E-state index in [9.17, 15) is 0 Å². The minimum Gasteiger partial charge on any atom is -0.464 e. The summed E-state index contributed by atoms with van der Waals surface area (Å²) in [6.45, 7) is 0. The molecule has 0 atom stereocenters. The maximum atomic E-state index is 7.56. The fraction of sp³-hybridized carbons (Fsp3) is 0. The van der Waals surface area contributed by atoms with Crippen LogP contribution in [-0.2, 0) is 0 Å². The van der Waals surface area contributed by atoms with E-state index in [0.717, 1.165) is 53.6 Å². The average molecular weight is 955 g/mol. The van der Waals surface area contributed by atoms with Crippen molar-refractivity contribution in [2.75, 3.05) is 0 Å². The maximum Gasteiger partial charge on any atom is 0.150 e. The van der Waals surface area contributed by atoms with Gasteiger partial charge in [0.05, 0.1) is 11.1 Å². The van der Waals surface area contributed by atoms with Gasteiger partial charge in [0, 0.05) is 42.4 Å². The van der Waals surface area contributed by atoms with E-state index < -0.39 is 32.6 Å². The molecule has 330 valence electrons. The van der Waals surface area contributed by atoms with E-state index in [-0.39, 0.29) is 0 Å². The van der Waals surface area contributed by atoms with Gasteiger partial charge in [-0.25, -0.2) is 0 Å². The van der Waals surface area contributed by atoms with Crippen molar-refractivity contribution < 1.29 is 18.1 Å². The van der Waals surface area contributed by atoms with Crippen LogP contribution < -0.4 is 60.5 Å². The highest BCUT2D eigenvalue weighted by Crippen LogP contribution is 2.56. The highest BCUT2D eigenvalue weighted by atomic mass is 31.1. The lowest BCUT2D eigenvalue weighted by Gasteiger charge is -2.28. The summed E-state index contributed by atoms with van der Waals surface area (Å²) in [6.07, 6.45) is 0. The Morgan fingerprint density at radius 2 is 0.309 bits per heavy atom. The summed E-state index contributed by atoms with van der Waals surface area (Å²) >= 11 is 0. The third-order valence-corrected chi connectivity index (χ3v) is 18.6. The number of rotatable bonds is 17. The van der Waals surface area contributed by atoms with Crippen molar-refractivity contribution in [3.8, 4) is 34.1 Å². The molecule has 0 fully saturated rings. The lowest BCUT2D eigenvalue weighted by Crippen LogP contribution is -2.18. The molecular weight excluding hydrogens is 909 g/mol. The minimum absolute atomic E-state index is 0.644. The van der Waals surface area contributed by atoms with Crippen LogP contribution in [0.2, 0.25) is 0 Å². The van der Waals surface area contributed by atoms with Crippen molar-refractivity contribution >= 4 is 75.0 Å². The van der Waals surface area contributed by atoms with Gasteiger partial charge in [-0.05, 0) is 24.3 Å². The Balaban J connectivity index is 1.24. The van der Waals surface area contributed by atoms with Gasteiger partial charge in [0.2, 0.25) is 0 Å². The summed E-state index contributed by atoms with van der Waals surface area (Å²) in [4.78, 5) is 0. The highest BCUT2D eigenvalue weighted by Gasteiger charge is 2.31. The first-order chi connectivity index (χ1) is 33.8. The van der Waals surface area contributed by atoms with Gasteiger partial charge in [0.1, 0.15) is 23.0 Å². The van der Waals surface area contributed by atoms with Crippen LogP contribution in [0.3, 0.4) is 0 Å². The van der Waals surface area contributed by atoms with Crippen LogP contribution in [-0.4, -0.2) is 0 Å². The first-order valence-corrected chi connectivity index (χ1v) is 27.4. The average Bonchev–Trinajstić information content (AvgIpc) is 3.42. The molecule has 10 rings (SSSR count). The van der Waals surface area contributed by atoms with Crippen molar-refractivity contribution in [2.24, 2.45) is 0 Å². The molecule has 0 bridgehead atoms. The fourth-order valence-corrected chi connectivity index (χ4v) is 14.7. The lowest BCUT2D eigenvalue weighted by molar-refractivity contribution is 0.588. The molecule has 4 nitrogen and oxygen atoms in total. The molecule has 0 saturated carbocycles. The van der Waals surface area contributed by atoms with Crippen LogP contribution in [0.25, 0.3) is 11.1 Å². The van der Waals surface area contributed by atoms with Gasteiger partial charge in [0.25, 0.3) is 0 Å². The zero-order chi connectivity index (χ0) is 45.7. The van der Waals surface area contributed by atoms with E-state index in [0.29, 0.717) is 23.0 Å². The van der Waals surface area contributed by atoms with Crippen LogP contribution in [0.1, 0.15) is 0 Å². The second-order valence-corrected chi connectivity index (χ2v) is 22.7. The molecule has 0 aliphatic heterocycles. The van der Waals surface area contributed by atoms with E-state index in [1.807, 2.05) is 60.7 Å². The van der Waals surface area contributed by atoms with Crippen LogP contribution in [0.5, 0.6) is 23.0 Å². The summed E-state index contributed by atoms with van der Waals surface area (Å²) in [5.74, 6) is 2.58. The Hall–Kier alpha value is -6.88. The summed E-state index contributed by atoms with van der Waals surface area (Å²) in [5, 5.41) is 8.64. The van der Waals surface area contributed by atoms with Crippen molar-refractivity contribution in [3.63, 3.8) is 0 Å². The summed E-state index contributed by atoms with van der Waals surface area (Å²) in [6, 6.07) is 96.2. The van der Waals surface area contributed by atoms with E-state index >= 15 is 0 Å². The van der Waals surface area contributed by atoms with Crippen molar-refractivity contribution in [3.05, 3.63) is 279 Å². The Morgan fingerprint density at radius 1 is 0.162 bits per heavy atom. The van der Waals surface area contributed by atoms with E-state index in [1.54, 1.807) is 0 Å². The molecule has 0 heterocycles. The molecule has 8 heteroatoms. The van der Waals surface area contributed by atoms with Crippen LogP contribution in [0.4, 0.5) is 0 Å². The van der Waals surface area contributed by atoms with Gasteiger partial charge < -0.3 is 18.1 Å². The van der Waals surface area contributed by atoms with Crippen molar-refractivity contribution in [2.45, 2.75) is 0 Å². The predicted octanol–water partition coefficient (Wildman–Crippen LogP) is 13.1. The van der Waals surface area contributed by atoms with Crippen LogP contribution >= 0.6 is 32.6 Å². The first-order valence-electron chi connectivity index (χ1n) is 22.4. The van der Waals surface area contributed by atoms with E-state index in [4.69, 9.17) is 18.1 Å². The maximum absolute atomic E-state index is 7.56. The van der Waals surface area contributed by atoms with Gasteiger partial charge in [-0.15, -0.1) is 0 Å². The van der Waals surface area contributed by atoms with Gasteiger partial charge in [0.15, 0.2) is 32.6 Å². The number of benzene rings is 10. The molecule has 0 unspecified atom stereocenters. The largest absolute Gasteiger partial charge is 0.464 e. The van der Waals surface area contributed by atoms with E-state index in [2.05, 4.69) is 218 Å². The molecule has 0 aliphatic rings. The van der Waals surface area contributed by atoms with Crippen LogP contribution in [0.15, 0.2) is 279 Å². The molecule has 10 aromatic rings. The number of hydrogen-bond donors (Lipinski definition) is 0. The van der Waals surface area contributed by atoms with Gasteiger partial charge >= 0.3 is 0 Å². The summed E-state index contributed by atoms with van der Waals surface area (Å²) in [7, 11) is -5.50. The smallest absolute Gasteiger partial charge is 0.150 e. The first kappa shape index (κ1) is 44.9. The van der Waals surface area contributed by atoms with E-state index in [1.165, 1.54) is 0 Å². The normalized spacial score (nSPS) is 11.2. The Bertz CT molecular complexity index is 2540. The third kappa shape index (κ3) is 10.6. The van der Waals surface area contributed by atoms with Crippen LogP contribution in [0, 0.1) is 0 Å². The molecule has 0 radical (unpaired) electrons. The Labute approximate surface area is 404 Å². The summed E-state index contributed by atoms with van der Waals surface area (Å²) < 4.78 is 30.2. The van der Waals surface area contributed by atoms with Gasteiger partial charge in [-0.1, -0.05) is 255 Å². The molecule has 0 N–H and O–H groups in total. The molecule has 0 aromatic heterocycles. The van der Waals surface area contributed by atoms with Crippen molar-refractivity contribution in [1.29, 1.82) is 0 Å². The SMILES string of the molecule is c1ccc(P(Oc2cccc(OP(c3ccccc3)c3ccccc3)c2-c2c(OP(c3ccccc3)c3ccccc3)cccc2OP(c2ccccc2)c2ccccc2)c2ccccc2)cc1. The second kappa shape index (κ2) is 22.3. The Morgan fingerprint density at radius 3 is 0.456 bits per heavy atom. The zero-order valence-corrected chi connectivity index (χ0v) is 40.6. The zero-order valence-electron chi connectivity index (χ0n) is 37.0. The quantitative estimate of drug-likeness (QED) is 0.0852. The molecule has 68 heavy (non-hydrogen) atoms. The monoisotopic (exact) mass is 954 g/mol. The highest BCUT2D eigenvalue weighted by molar-refractivity contribution is 7.70. The second-order valence-electron chi connectivity index (χ2n) is 15.5. The lowest BCUT2D eigenvalue weighted by atomic mass is 10.0. The molecule has 0 amide bonds. The minimum atomic E-state index is -1.38. The molecular formula is C60H46O4P4. The molecule has 0 spiro atoms. The molecule has 0 aliphatic carbocycles.